The van der Waals surface area contributed by atoms with Gasteiger partial charge in [-0.25, -0.2) is 0 Å². The topological polar surface area (TPSA) is 73.2 Å². The third-order valence-electron chi connectivity index (χ3n) is 4.89. The molecule has 1 saturated heterocycles. The van der Waals surface area contributed by atoms with Gasteiger partial charge in [0.15, 0.2) is 0 Å². The second-order valence-corrected chi connectivity index (χ2v) is 8.88. The first-order chi connectivity index (χ1) is 14.3. The van der Waals surface area contributed by atoms with E-state index < -0.39 is 11.2 Å². The van der Waals surface area contributed by atoms with Gasteiger partial charge in [0.1, 0.15) is 16.7 Å². The van der Waals surface area contributed by atoms with E-state index in [0.717, 1.165) is 16.7 Å². The zero-order chi connectivity index (χ0) is 22.0. The van der Waals surface area contributed by atoms with Crippen molar-refractivity contribution in [3.8, 4) is 6.07 Å². The first-order valence-corrected chi connectivity index (χ1v) is 10.8. The fourth-order valence-corrected chi connectivity index (χ4v) is 4.72. The summed E-state index contributed by atoms with van der Waals surface area (Å²) in [5.41, 5.74) is 3.47. The molecule has 5 nitrogen and oxygen atoms in total. The molecule has 0 aliphatic carbocycles. The molecule has 1 heterocycles. The number of benzene rings is 2. The van der Waals surface area contributed by atoms with Crippen molar-refractivity contribution in [2.75, 3.05) is 11.9 Å². The number of nitrogens with one attached hydrogen (secondary N) is 1. The van der Waals surface area contributed by atoms with Crippen molar-refractivity contribution in [3.05, 3.63) is 73.7 Å². The third-order valence-corrected chi connectivity index (χ3v) is 6.89. The van der Waals surface area contributed by atoms with Crippen LogP contribution in [0.2, 0.25) is 10.0 Å². The summed E-state index contributed by atoms with van der Waals surface area (Å²) >= 11 is 13.3. The van der Waals surface area contributed by atoms with Crippen molar-refractivity contribution in [3.63, 3.8) is 0 Å². The van der Waals surface area contributed by atoms with E-state index in [4.69, 9.17) is 23.2 Å². The molecule has 1 N–H and O–H groups in total. The number of hydrogen-bond acceptors (Lipinski definition) is 4. The van der Waals surface area contributed by atoms with Crippen LogP contribution < -0.4 is 10.2 Å². The normalized spacial score (nSPS) is 17.7. The highest BCUT2D eigenvalue weighted by atomic mass is 35.5. The van der Waals surface area contributed by atoms with E-state index in [1.807, 2.05) is 44.2 Å². The lowest BCUT2D eigenvalue weighted by Gasteiger charge is -2.19. The van der Waals surface area contributed by atoms with Gasteiger partial charge in [0.25, 0.3) is 5.91 Å². The van der Waals surface area contributed by atoms with Crippen LogP contribution in [-0.4, -0.2) is 24.1 Å². The summed E-state index contributed by atoms with van der Waals surface area (Å²) in [6, 6.07) is 12.8. The molecule has 0 aromatic heterocycles. The predicted molar refractivity (Wildman–Crippen MR) is 122 cm³/mol. The zero-order valence-corrected chi connectivity index (χ0v) is 19.0. The quantitative estimate of drug-likeness (QED) is 0.527. The van der Waals surface area contributed by atoms with Crippen molar-refractivity contribution >= 4 is 52.5 Å². The van der Waals surface area contributed by atoms with Crippen LogP contribution in [-0.2, 0) is 16.0 Å². The van der Waals surface area contributed by atoms with E-state index >= 15 is 0 Å². The molecule has 0 spiro atoms. The molecule has 30 heavy (non-hydrogen) atoms. The molecule has 3 rings (SSSR count). The fraction of sp³-hybridized carbons (Fsp3) is 0.227. The standard InChI is InChI=1S/C22H19Cl2N3O2S/c1-12-4-6-15(8-13(12)2)27-21(29)19(10-14-5-7-17(23)18(24)9-14)30-22(27)16(11-25)20(28)26-3/h4-9,19H,10H2,1-3H3,(H,26,28)/b22-16-. The molecule has 0 saturated carbocycles. The van der Waals surface area contributed by atoms with E-state index in [1.54, 1.807) is 12.1 Å². The molecule has 1 atom stereocenters. The minimum Gasteiger partial charge on any atom is -0.354 e. The van der Waals surface area contributed by atoms with E-state index in [9.17, 15) is 14.9 Å². The smallest absolute Gasteiger partial charge is 0.264 e. The SMILES string of the molecule is CNC(=O)/C(C#N)=C1\SC(Cc2ccc(Cl)c(Cl)c2)C(=O)N1c1ccc(C)c(C)c1. The number of nitriles is 1. The predicted octanol–water partition coefficient (Wildman–Crippen LogP) is 4.78. The van der Waals surface area contributed by atoms with Crippen LogP contribution in [0.1, 0.15) is 16.7 Å². The summed E-state index contributed by atoms with van der Waals surface area (Å²) in [7, 11) is 1.45. The van der Waals surface area contributed by atoms with Crippen molar-refractivity contribution in [1.82, 2.24) is 5.32 Å². The van der Waals surface area contributed by atoms with Crippen LogP contribution in [0.15, 0.2) is 47.0 Å². The monoisotopic (exact) mass is 459 g/mol. The highest BCUT2D eigenvalue weighted by Gasteiger charge is 2.40. The van der Waals surface area contributed by atoms with Crippen LogP contribution >= 0.6 is 35.0 Å². The molecule has 154 valence electrons. The van der Waals surface area contributed by atoms with Gasteiger partial charge in [-0.3, -0.25) is 14.5 Å². The third kappa shape index (κ3) is 4.34. The Morgan fingerprint density at radius 2 is 1.90 bits per heavy atom. The van der Waals surface area contributed by atoms with Crippen molar-refractivity contribution in [1.29, 1.82) is 5.26 Å². The minimum atomic E-state index is -0.531. The van der Waals surface area contributed by atoms with E-state index in [2.05, 4.69) is 5.32 Å². The molecule has 2 amide bonds. The number of amides is 2. The summed E-state index contributed by atoms with van der Waals surface area (Å²) in [6.07, 6.45) is 0.387. The van der Waals surface area contributed by atoms with Crippen LogP contribution in [0.3, 0.4) is 0 Å². The van der Waals surface area contributed by atoms with E-state index in [-0.39, 0.29) is 11.5 Å². The summed E-state index contributed by atoms with van der Waals surface area (Å²) in [6.45, 7) is 3.93. The number of likely N-dealkylation sites (N-methyl/N-ethyl adjacent to an activating group) is 1. The lowest BCUT2D eigenvalue weighted by Crippen LogP contribution is -2.31. The molecular weight excluding hydrogens is 441 g/mol. The van der Waals surface area contributed by atoms with Gasteiger partial charge in [0.2, 0.25) is 5.91 Å². The van der Waals surface area contributed by atoms with Crippen molar-refractivity contribution < 1.29 is 9.59 Å². The van der Waals surface area contributed by atoms with Gasteiger partial charge < -0.3 is 5.32 Å². The van der Waals surface area contributed by atoms with Crippen LogP contribution in [0.25, 0.3) is 0 Å². The second kappa shape index (κ2) is 9.13. The maximum Gasteiger partial charge on any atom is 0.264 e. The molecule has 2 aromatic carbocycles. The number of hydrogen-bond donors (Lipinski definition) is 1. The Morgan fingerprint density at radius 3 is 2.50 bits per heavy atom. The number of halogens is 2. The van der Waals surface area contributed by atoms with Gasteiger partial charge in [-0.15, -0.1) is 0 Å². The number of carbonyl (C=O) groups is 2. The zero-order valence-electron chi connectivity index (χ0n) is 16.6. The molecule has 2 aromatic rings. The highest BCUT2D eigenvalue weighted by molar-refractivity contribution is 8.05. The van der Waals surface area contributed by atoms with Gasteiger partial charge in [0.05, 0.1) is 15.3 Å². The van der Waals surface area contributed by atoms with Crippen LogP contribution in [0, 0.1) is 25.2 Å². The number of nitrogens with zero attached hydrogens (tertiary/aromatic N) is 2. The van der Waals surface area contributed by atoms with Gasteiger partial charge >= 0.3 is 0 Å². The van der Waals surface area contributed by atoms with Crippen molar-refractivity contribution in [2.24, 2.45) is 0 Å². The average Bonchev–Trinajstić information content (AvgIpc) is 3.03. The first kappa shape index (κ1) is 22.2. The molecular formula is C22H19Cl2N3O2S. The molecule has 0 radical (unpaired) electrons. The number of anilines is 1. The molecule has 8 heteroatoms. The Morgan fingerprint density at radius 1 is 1.17 bits per heavy atom. The maximum atomic E-state index is 13.4. The Kier molecular flexibility index (Phi) is 6.77. The van der Waals surface area contributed by atoms with Gasteiger partial charge in [-0.05, 0) is 61.2 Å². The lowest BCUT2D eigenvalue weighted by atomic mass is 10.1. The Labute approximate surface area is 189 Å². The summed E-state index contributed by atoms with van der Waals surface area (Å²) < 4.78 is 0. The number of thioether (sulfide) groups is 1. The molecule has 1 unspecified atom stereocenters. The van der Waals surface area contributed by atoms with Gasteiger partial charge in [-0.1, -0.05) is 47.1 Å². The Hall–Kier alpha value is -2.46. The van der Waals surface area contributed by atoms with E-state index in [0.29, 0.717) is 27.2 Å². The first-order valence-electron chi connectivity index (χ1n) is 9.15. The number of carbonyl (C=O) groups excluding carboxylic acids is 2. The number of aryl methyl sites for hydroxylation is 2. The maximum absolute atomic E-state index is 13.4. The Balaban J connectivity index is 2.07. The largest absolute Gasteiger partial charge is 0.354 e. The Bertz CT molecular complexity index is 1110. The van der Waals surface area contributed by atoms with Crippen LogP contribution in [0.5, 0.6) is 0 Å². The summed E-state index contributed by atoms with van der Waals surface area (Å²) in [5.74, 6) is -0.724. The minimum absolute atomic E-state index is 0.0919. The summed E-state index contributed by atoms with van der Waals surface area (Å²) in [5, 5.41) is 12.8. The molecule has 1 aliphatic rings. The molecule has 1 fully saturated rings. The second-order valence-electron chi connectivity index (χ2n) is 6.87. The molecule has 1 aliphatic heterocycles. The van der Waals surface area contributed by atoms with Crippen molar-refractivity contribution in [2.45, 2.75) is 25.5 Å². The number of rotatable bonds is 4. The molecule has 0 bridgehead atoms. The lowest BCUT2D eigenvalue weighted by molar-refractivity contribution is -0.117. The van der Waals surface area contributed by atoms with Crippen LogP contribution in [0.4, 0.5) is 5.69 Å². The average molecular weight is 460 g/mol. The highest BCUT2D eigenvalue weighted by Crippen LogP contribution is 2.42. The van der Waals surface area contributed by atoms with E-state index in [1.165, 1.54) is 23.7 Å². The summed E-state index contributed by atoms with van der Waals surface area (Å²) in [4.78, 5) is 27.1. The van der Waals surface area contributed by atoms with Gasteiger partial charge in [0, 0.05) is 12.7 Å². The fourth-order valence-electron chi connectivity index (χ4n) is 3.09. The van der Waals surface area contributed by atoms with Gasteiger partial charge in [-0.2, -0.15) is 5.26 Å².